The molecule has 0 saturated carbocycles. The van der Waals surface area contributed by atoms with Gasteiger partial charge in [-0.25, -0.2) is 0 Å². The minimum Gasteiger partial charge on any atom is -0.378 e. The van der Waals surface area contributed by atoms with E-state index in [0.29, 0.717) is 0 Å². The Balaban J connectivity index is 2.56. The zero-order chi connectivity index (χ0) is 13.4. The van der Waals surface area contributed by atoms with E-state index in [1.807, 2.05) is 14.1 Å². The third-order valence-corrected chi connectivity index (χ3v) is 3.37. The maximum Gasteiger partial charge on any atom is 0.127 e. The summed E-state index contributed by atoms with van der Waals surface area (Å²) in [7, 11) is 4.05. The van der Waals surface area contributed by atoms with Gasteiger partial charge in [-0.3, -0.25) is 0 Å². The Labute approximate surface area is 111 Å². The van der Waals surface area contributed by atoms with Gasteiger partial charge in [0.25, 0.3) is 0 Å². The van der Waals surface area contributed by atoms with Crippen molar-refractivity contribution in [2.45, 2.75) is 44.9 Å². The molecule has 1 atom stereocenters. The molecule has 1 unspecified atom stereocenters. The van der Waals surface area contributed by atoms with Crippen molar-refractivity contribution in [1.82, 2.24) is 0 Å². The summed E-state index contributed by atoms with van der Waals surface area (Å²) in [6, 6.07) is 8.32. The molecule has 0 N–H and O–H groups in total. The molecule has 0 spiro atoms. The van der Waals surface area contributed by atoms with E-state index in [-0.39, 0.29) is 5.92 Å². The number of anilines is 1. The Kier molecular flexibility index (Phi) is 6.48. The molecule has 0 fully saturated rings. The fraction of sp³-hybridized carbons (Fsp3) is 0.562. The zero-order valence-corrected chi connectivity index (χ0v) is 11.9. The molecule has 0 aliphatic rings. The number of carbonyl (C=O) groups is 1. The van der Waals surface area contributed by atoms with Crippen molar-refractivity contribution in [3.05, 3.63) is 29.8 Å². The average Bonchev–Trinajstić information content (AvgIpc) is 2.39. The molecular weight excluding hydrogens is 222 g/mol. The molecule has 0 saturated heterocycles. The minimum absolute atomic E-state index is 0.0677. The summed E-state index contributed by atoms with van der Waals surface area (Å²) in [5.74, 6) is 0.0677. The predicted molar refractivity (Wildman–Crippen MR) is 78.3 cm³/mol. The standard InChI is InChI=1S/C16H25NO/c1-4-5-6-7-8-15(13-18)14-9-11-16(12-10-14)17(2)3/h9-13,15H,4-8H2,1-3H3. The van der Waals surface area contributed by atoms with Crippen molar-refractivity contribution >= 4 is 12.0 Å². The van der Waals surface area contributed by atoms with E-state index in [4.69, 9.17) is 0 Å². The molecule has 2 nitrogen and oxygen atoms in total. The number of rotatable bonds is 8. The Bertz CT molecular complexity index is 343. The molecule has 1 aromatic rings. The summed E-state index contributed by atoms with van der Waals surface area (Å²) in [5.41, 5.74) is 2.32. The minimum atomic E-state index is 0.0677. The summed E-state index contributed by atoms with van der Waals surface area (Å²) in [5, 5.41) is 0. The Morgan fingerprint density at radius 3 is 2.28 bits per heavy atom. The lowest BCUT2D eigenvalue weighted by Crippen LogP contribution is -2.08. The Morgan fingerprint density at radius 1 is 1.11 bits per heavy atom. The van der Waals surface area contributed by atoms with Crippen LogP contribution in [-0.4, -0.2) is 20.4 Å². The van der Waals surface area contributed by atoms with Crippen molar-refractivity contribution in [2.75, 3.05) is 19.0 Å². The lowest BCUT2D eigenvalue weighted by Gasteiger charge is -2.15. The van der Waals surface area contributed by atoms with E-state index in [0.717, 1.165) is 24.7 Å². The lowest BCUT2D eigenvalue weighted by atomic mass is 9.94. The van der Waals surface area contributed by atoms with E-state index in [1.165, 1.54) is 24.9 Å². The normalized spacial score (nSPS) is 12.2. The molecular formula is C16H25NO. The van der Waals surface area contributed by atoms with Gasteiger partial charge in [-0.2, -0.15) is 0 Å². The first kappa shape index (κ1) is 14.7. The van der Waals surface area contributed by atoms with Gasteiger partial charge in [0, 0.05) is 25.7 Å². The molecule has 0 aliphatic heterocycles. The fourth-order valence-electron chi connectivity index (χ4n) is 2.12. The number of hydrogen-bond acceptors (Lipinski definition) is 2. The van der Waals surface area contributed by atoms with E-state index in [9.17, 15) is 4.79 Å². The third-order valence-electron chi connectivity index (χ3n) is 3.37. The first-order valence-electron chi connectivity index (χ1n) is 6.91. The van der Waals surface area contributed by atoms with Crippen LogP contribution in [-0.2, 0) is 4.79 Å². The van der Waals surface area contributed by atoms with Crippen LogP contribution >= 0.6 is 0 Å². The molecule has 100 valence electrons. The Morgan fingerprint density at radius 2 is 1.78 bits per heavy atom. The van der Waals surface area contributed by atoms with Gasteiger partial charge in [0.1, 0.15) is 6.29 Å². The zero-order valence-electron chi connectivity index (χ0n) is 11.9. The molecule has 0 heterocycles. The molecule has 0 bridgehead atoms. The molecule has 0 radical (unpaired) electrons. The SMILES string of the molecule is CCCCCCC(C=O)c1ccc(N(C)C)cc1. The van der Waals surface area contributed by atoms with Crippen LogP contribution in [0.5, 0.6) is 0 Å². The molecule has 1 rings (SSSR count). The molecule has 1 aromatic carbocycles. The predicted octanol–water partition coefficient (Wildman–Crippen LogP) is 4.01. The molecule has 0 amide bonds. The number of hydrogen-bond donors (Lipinski definition) is 0. The number of unbranched alkanes of at least 4 members (excludes halogenated alkanes) is 3. The largest absolute Gasteiger partial charge is 0.378 e. The van der Waals surface area contributed by atoms with Crippen LogP contribution in [0.3, 0.4) is 0 Å². The van der Waals surface area contributed by atoms with Crippen LogP contribution in [0.1, 0.15) is 50.5 Å². The van der Waals surface area contributed by atoms with Gasteiger partial charge in [0.2, 0.25) is 0 Å². The smallest absolute Gasteiger partial charge is 0.127 e. The number of aldehydes is 1. The van der Waals surface area contributed by atoms with Gasteiger partial charge < -0.3 is 9.69 Å². The maximum atomic E-state index is 11.2. The second-order valence-corrected chi connectivity index (χ2v) is 5.08. The van der Waals surface area contributed by atoms with Crippen molar-refractivity contribution < 1.29 is 4.79 Å². The number of nitrogens with zero attached hydrogens (tertiary/aromatic N) is 1. The summed E-state index contributed by atoms with van der Waals surface area (Å²) < 4.78 is 0. The highest BCUT2D eigenvalue weighted by Gasteiger charge is 2.10. The number of benzene rings is 1. The first-order valence-corrected chi connectivity index (χ1v) is 6.91. The van der Waals surface area contributed by atoms with E-state index >= 15 is 0 Å². The second-order valence-electron chi connectivity index (χ2n) is 5.08. The quantitative estimate of drug-likeness (QED) is 0.511. The fourth-order valence-corrected chi connectivity index (χ4v) is 2.12. The maximum absolute atomic E-state index is 11.2. The van der Waals surface area contributed by atoms with Crippen molar-refractivity contribution in [2.24, 2.45) is 0 Å². The summed E-state index contributed by atoms with van der Waals surface area (Å²) in [6.45, 7) is 2.21. The van der Waals surface area contributed by atoms with Gasteiger partial charge in [0.15, 0.2) is 0 Å². The monoisotopic (exact) mass is 247 g/mol. The lowest BCUT2D eigenvalue weighted by molar-refractivity contribution is -0.109. The highest BCUT2D eigenvalue weighted by Crippen LogP contribution is 2.23. The van der Waals surface area contributed by atoms with Crippen LogP contribution in [0.4, 0.5) is 5.69 Å². The van der Waals surface area contributed by atoms with Crippen LogP contribution < -0.4 is 4.90 Å². The molecule has 0 aromatic heterocycles. The van der Waals surface area contributed by atoms with Crippen LogP contribution in [0, 0.1) is 0 Å². The van der Waals surface area contributed by atoms with Gasteiger partial charge >= 0.3 is 0 Å². The van der Waals surface area contributed by atoms with Crippen LogP contribution in [0.2, 0.25) is 0 Å². The molecule has 0 aliphatic carbocycles. The van der Waals surface area contributed by atoms with E-state index in [1.54, 1.807) is 0 Å². The van der Waals surface area contributed by atoms with E-state index in [2.05, 4.69) is 36.1 Å². The van der Waals surface area contributed by atoms with Crippen LogP contribution in [0.15, 0.2) is 24.3 Å². The number of carbonyl (C=O) groups excluding carboxylic acids is 1. The van der Waals surface area contributed by atoms with E-state index < -0.39 is 0 Å². The summed E-state index contributed by atoms with van der Waals surface area (Å²) >= 11 is 0. The highest BCUT2D eigenvalue weighted by molar-refractivity contribution is 5.63. The van der Waals surface area contributed by atoms with Crippen molar-refractivity contribution in [3.63, 3.8) is 0 Å². The van der Waals surface area contributed by atoms with Crippen molar-refractivity contribution in [3.8, 4) is 0 Å². The molecule has 18 heavy (non-hydrogen) atoms. The van der Waals surface area contributed by atoms with Crippen LogP contribution in [0.25, 0.3) is 0 Å². The van der Waals surface area contributed by atoms with Gasteiger partial charge in [-0.1, -0.05) is 44.7 Å². The van der Waals surface area contributed by atoms with Crippen molar-refractivity contribution in [1.29, 1.82) is 0 Å². The van der Waals surface area contributed by atoms with Gasteiger partial charge in [-0.15, -0.1) is 0 Å². The third kappa shape index (κ3) is 4.52. The Hall–Kier alpha value is -1.31. The topological polar surface area (TPSA) is 20.3 Å². The first-order chi connectivity index (χ1) is 8.69. The van der Waals surface area contributed by atoms with Gasteiger partial charge in [0.05, 0.1) is 0 Å². The summed E-state index contributed by atoms with van der Waals surface area (Å²) in [4.78, 5) is 13.2. The van der Waals surface area contributed by atoms with Gasteiger partial charge in [-0.05, 0) is 24.1 Å². The summed E-state index contributed by atoms with van der Waals surface area (Å²) in [6.07, 6.45) is 6.96. The average molecular weight is 247 g/mol. The molecule has 2 heteroatoms. The second kappa shape index (κ2) is 7.91. The highest BCUT2D eigenvalue weighted by atomic mass is 16.1.